The van der Waals surface area contributed by atoms with E-state index in [0.717, 1.165) is 37.5 Å². The SMILES string of the molecule is COc1ccccc1CN[C@H]1[C@H](O)[C@@H](N2CCN(c3ccccc3)CC2)[C@@H]2OC[C@H]1O2. The Morgan fingerprint density at radius 2 is 1.77 bits per heavy atom. The first kappa shape index (κ1) is 20.7. The van der Waals surface area contributed by atoms with Gasteiger partial charge in [-0.25, -0.2) is 0 Å². The summed E-state index contributed by atoms with van der Waals surface area (Å²) < 4.78 is 17.6. The number of fused-ring (bicyclic) bond motifs is 2. The monoisotopic (exact) mass is 425 g/mol. The van der Waals surface area contributed by atoms with E-state index in [-0.39, 0.29) is 24.5 Å². The zero-order valence-corrected chi connectivity index (χ0v) is 17.9. The molecule has 2 N–H and O–H groups in total. The average Bonchev–Trinajstić information content (AvgIpc) is 3.25. The third-order valence-corrected chi connectivity index (χ3v) is 6.71. The second kappa shape index (κ2) is 9.14. The van der Waals surface area contributed by atoms with Gasteiger partial charge in [0.15, 0.2) is 6.29 Å². The summed E-state index contributed by atoms with van der Waals surface area (Å²) in [7, 11) is 1.68. The van der Waals surface area contributed by atoms with E-state index in [1.807, 2.05) is 30.3 Å². The standard InChI is InChI=1S/C24H31N3O4/c1-29-19-10-6-5-7-17(19)15-25-21-20-16-30-24(31-20)22(23(21)28)27-13-11-26(12-14-27)18-8-3-2-4-9-18/h2-10,20-25,28H,11-16H2,1H3/t20-,21-,22-,23+,24-/m1/s1. The van der Waals surface area contributed by atoms with Crippen molar-refractivity contribution in [2.75, 3.05) is 44.8 Å². The van der Waals surface area contributed by atoms with Gasteiger partial charge >= 0.3 is 0 Å². The van der Waals surface area contributed by atoms with Crippen LogP contribution in [-0.2, 0) is 16.0 Å². The van der Waals surface area contributed by atoms with E-state index in [4.69, 9.17) is 14.2 Å². The molecule has 2 aromatic carbocycles. The lowest BCUT2D eigenvalue weighted by Gasteiger charge is -2.47. The number of ether oxygens (including phenoxy) is 3. The molecular formula is C24H31N3O4. The molecule has 7 nitrogen and oxygen atoms in total. The van der Waals surface area contributed by atoms with Crippen LogP contribution in [0.4, 0.5) is 5.69 Å². The van der Waals surface area contributed by atoms with Gasteiger partial charge in [-0.3, -0.25) is 4.90 Å². The van der Waals surface area contributed by atoms with Crippen LogP contribution in [0.1, 0.15) is 5.56 Å². The maximum Gasteiger partial charge on any atom is 0.176 e. The number of aliphatic hydroxyl groups is 1. The van der Waals surface area contributed by atoms with Crippen molar-refractivity contribution in [3.05, 3.63) is 60.2 Å². The van der Waals surface area contributed by atoms with Crippen LogP contribution in [0, 0.1) is 0 Å². The summed E-state index contributed by atoms with van der Waals surface area (Å²) >= 11 is 0. The Bertz CT molecular complexity index is 859. The van der Waals surface area contributed by atoms with Gasteiger partial charge in [-0.15, -0.1) is 0 Å². The largest absolute Gasteiger partial charge is 0.496 e. The Morgan fingerprint density at radius 3 is 2.55 bits per heavy atom. The number of para-hydroxylation sites is 2. The highest BCUT2D eigenvalue weighted by Gasteiger charge is 2.52. The van der Waals surface area contributed by atoms with Gasteiger partial charge in [0.2, 0.25) is 0 Å². The van der Waals surface area contributed by atoms with Crippen LogP contribution in [0.5, 0.6) is 5.75 Å². The molecule has 166 valence electrons. The maximum absolute atomic E-state index is 11.3. The molecular weight excluding hydrogens is 394 g/mol. The zero-order valence-electron chi connectivity index (χ0n) is 17.9. The molecule has 3 aliphatic rings. The molecule has 2 bridgehead atoms. The Morgan fingerprint density at radius 1 is 1.03 bits per heavy atom. The van der Waals surface area contributed by atoms with Crippen molar-refractivity contribution in [2.24, 2.45) is 0 Å². The van der Waals surface area contributed by atoms with Crippen molar-refractivity contribution in [2.45, 2.75) is 37.1 Å². The number of nitrogens with zero attached hydrogens (tertiary/aromatic N) is 2. The number of hydrogen-bond donors (Lipinski definition) is 2. The van der Waals surface area contributed by atoms with E-state index >= 15 is 0 Å². The van der Waals surface area contributed by atoms with Crippen LogP contribution in [0.15, 0.2) is 54.6 Å². The molecule has 7 heteroatoms. The molecule has 3 fully saturated rings. The summed E-state index contributed by atoms with van der Waals surface area (Å²) in [5.41, 5.74) is 2.31. The number of rotatable bonds is 6. The smallest absolute Gasteiger partial charge is 0.176 e. The first-order valence-electron chi connectivity index (χ1n) is 11.1. The quantitative estimate of drug-likeness (QED) is 0.726. The second-order valence-electron chi connectivity index (χ2n) is 8.43. The molecule has 5 atom stereocenters. The molecule has 0 saturated carbocycles. The minimum absolute atomic E-state index is 0.142. The average molecular weight is 426 g/mol. The van der Waals surface area contributed by atoms with Gasteiger partial charge in [-0.05, 0) is 18.2 Å². The van der Waals surface area contributed by atoms with Gasteiger partial charge in [0.1, 0.15) is 11.9 Å². The molecule has 0 unspecified atom stereocenters. The first-order chi connectivity index (χ1) is 15.2. The van der Waals surface area contributed by atoms with Gasteiger partial charge in [0.25, 0.3) is 0 Å². The minimum atomic E-state index is -0.566. The maximum atomic E-state index is 11.3. The summed E-state index contributed by atoms with van der Waals surface area (Å²) in [6.45, 7) is 4.68. The van der Waals surface area contributed by atoms with E-state index in [1.54, 1.807) is 7.11 Å². The Hall–Kier alpha value is -2.16. The molecule has 3 saturated heterocycles. The van der Waals surface area contributed by atoms with E-state index in [2.05, 4.69) is 39.4 Å². The Balaban J connectivity index is 1.25. The van der Waals surface area contributed by atoms with E-state index in [9.17, 15) is 5.11 Å². The molecule has 2 aromatic rings. The highest BCUT2D eigenvalue weighted by molar-refractivity contribution is 5.46. The molecule has 0 amide bonds. The first-order valence-corrected chi connectivity index (χ1v) is 11.1. The number of nitrogens with one attached hydrogen (secondary N) is 1. The van der Waals surface area contributed by atoms with Crippen LogP contribution < -0.4 is 15.0 Å². The molecule has 0 aromatic heterocycles. The van der Waals surface area contributed by atoms with Gasteiger partial charge in [0.05, 0.1) is 31.9 Å². The minimum Gasteiger partial charge on any atom is -0.496 e. The van der Waals surface area contributed by atoms with Gasteiger partial charge in [-0.2, -0.15) is 0 Å². The van der Waals surface area contributed by atoms with Crippen molar-refractivity contribution in [1.29, 1.82) is 0 Å². The third kappa shape index (κ3) is 4.16. The van der Waals surface area contributed by atoms with Crippen molar-refractivity contribution in [1.82, 2.24) is 10.2 Å². The van der Waals surface area contributed by atoms with Gasteiger partial charge in [-0.1, -0.05) is 36.4 Å². The Kier molecular flexibility index (Phi) is 6.11. The number of anilines is 1. The molecule has 0 radical (unpaired) electrons. The molecule has 0 spiro atoms. The highest BCUT2D eigenvalue weighted by Crippen LogP contribution is 2.32. The molecule has 5 rings (SSSR count). The molecule has 3 aliphatic heterocycles. The fraction of sp³-hybridized carbons (Fsp3) is 0.500. The van der Waals surface area contributed by atoms with E-state index in [0.29, 0.717) is 13.2 Å². The number of benzene rings is 2. The summed E-state index contributed by atoms with van der Waals surface area (Å²) in [6.07, 6.45) is -1.08. The van der Waals surface area contributed by atoms with Crippen LogP contribution in [-0.4, -0.2) is 80.5 Å². The number of aliphatic hydroxyl groups excluding tert-OH is 1. The van der Waals surface area contributed by atoms with Crippen LogP contribution in [0.25, 0.3) is 0 Å². The van der Waals surface area contributed by atoms with Gasteiger partial charge < -0.3 is 29.5 Å². The predicted molar refractivity (Wildman–Crippen MR) is 118 cm³/mol. The second-order valence-corrected chi connectivity index (χ2v) is 8.43. The lowest BCUT2D eigenvalue weighted by atomic mass is 9.94. The fourth-order valence-corrected chi connectivity index (χ4v) is 5.04. The molecule has 3 heterocycles. The van der Waals surface area contributed by atoms with E-state index in [1.165, 1.54) is 5.69 Å². The fourth-order valence-electron chi connectivity index (χ4n) is 5.04. The van der Waals surface area contributed by atoms with Crippen molar-refractivity contribution in [3.63, 3.8) is 0 Å². The van der Waals surface area contributed by atoms with Crippen LogP contribution >= 0.6 is 0 Å². The third-order valence-electron chi connectivity index (χ3n) is 6.71. The summed E-state index contributed by atoms with van der Waals surface area (Å²) in [4.78, 5) is 4.72. The van der Waals surface area contributed by atoms with Crippen molar-refractivity contribution < 1.29 is 19.3 Å². The van der Waals surface area contributed by atoms with Crippen LogP contribution in [0.3, 0.4) is 0 Å². The lowest BCUT2D eigenvalue weighted by Crippen LogP contribution is -2.66. The normalized spacial score (nSPS) is 31.0. The van der Waals surface area contributed by atoms with E-state index < -0.39 is 6.10 Å². The molecule has 0 aliphatic carbocycles. The number of hydrogen-bond acceptors (Lipinski definition) is 7. The summed E-state index contributed by atoms with van der Waals surface area (Å²) in [6, 6.07) is 18.1. The lowest BCUT2D eigenvalue weighted by molar-refractivity contribution is -0.183. The topological polar surface area (TPSA) is 66.4 Å². The Labute approximate surface area is 183 Å². The summed E-state index contributed by atoms with van der Waals surface area (Å²) in [5, 5.41) is 14.9. The zero-order chi connectivity index (χ0) is 21.2. The van der Waals surface area contributed by atoms with Gasteiger partial charge in [0, 0.05) is 44.0 Å². The van der Waals surface area contributed by atoms with Crippen molar-refractivity contribution in [3.8, 4) is 5.75 Å². The number of methoxy groups -OCH3 is 1. The van der Waals surface area contributed by atoms with Crippen molar-refractivity contribution >= 4 is 5.69 Å². The number of piperazine rings is 1. The predicted octanol–water partition coefficient (Wildman–Crippen LogP) is 1.46. The van der Waals surface area contributed by atoms with Crippen LogP contribution in [0.2, 0.25) is 0 Å². The summed E-state index contributed by atoms with van der Waals surface area (Å²) in [5.74, 6) is 0.843. The molecule has 31 heavy (non-hydrogen) atoms. The highest BCUT2D eigenvalue weighted by atomic mass is 16.7.